The highest BCUT2D eigenvalue weighted by molar-refractivity contribution is 5.94. The van der Waals surface area contributed by atoms with E-state index in [4.69, 9.17) is 0 Å². The zero-order valence-corrected chi connectivity index (χ0v) is 21.0. The molecule has 1 aliphatic carbocycles. The Labute approximate surface area is 210 Å². The summed E-state index contributed by atoms with van der Waals surface area (Å²) >= 11 is 0. The molecule has 0 aromatic heterocycles. The predicted octanol–water partition coefficient (Wildman–Crippen LogP) is 6.82. The molecule has 1 aliphatic heterocycles. The van der Waals surface area contributed by atoms with Gasteiger partial charge in [0.1, 0.15) is 0 Å². The first-order valence-corrected chi connectivity index (χ1v) is 13.5. The highest BCUT2D eigenvalue weighted by Crippen LogP contribution is 2.48. The van der Waals surface area contributed by atoms with E-state index < -0.39 is 0 Å². The summed E-state index contributed by atoms with van der Waals surface area (Å²) in [6.45, 7) is 5.52. The number of aryl methyl sites for hydroxylation is 1. The summed E-state index contributed by atoms with van der Waals surface area (Å²) in [6.07, 6.45) is 8.24. The molecular weight excluding hydrogens is 428 g/mol. The van der Waals surface area contributed by atoms with Gasteiger partial charge in [0.25, 0.3) is 5.91 Å². The molecule has 0 radical (unpaired) electrons. The van der Waals surface area contributed by atoms with Gasteiger partial charge in [-0.2, -0.15) is 0 Å². The molecule has 1 N–H and O–H groups in total. The molecule has 3 nitrogen and oxygen atoms in total. The van der Waals surface area contributed by atoms with Crippen molar-refractivity contribution in [1.82, 2.24) is 10.2 Å². The van der Waals surface area contributed by atoms with Gasteiger partial charge in [-0.25, -0.2) is 0 Å². The molecule has 1 amide bonds. The van der Waals surface area contributed by atoms with E-state index >= 15 is 0 Å². The SMILES string of the molecule is CCCc1cccc2c1C(CCCCN1CCCC(NC(=O)c3ccccc3)C1)c1ccccc1-2. The van der Waals surface area contributed by atoms with Crippen molar-refractivity contribution in [3.8, 4) is 11.1 Å². The van der Waals surface area contributed by atoms with Gasteiger partial charge in [-0.05, 0) is 85.1 Å². The summed E-state index contributed by atoms with van der Waals surface area (Å²) in [6, 6.07) is 25.8. The fraction of sp³-hybridized carbons (Fsp3) is 0.406. The van der Waals surface area contributed by atoms with Gasteiger partial charge in [0, 0.05) is 24.1 Å². The second kappa shape index (κ2) is 11.2. The number of benzene rings is 3. The number of nitrogens with zero attached hydrogens (tertiary/aromatic N) is 1. The first kappa shape index (κ1) is 23.8. The summed E-state index contributed by atoms with van der Waals surface area (Å²) < 4.78 is 0. The molecule has 2 unspecified atom stereocenters. The smallest absolute Gasteiger partial charge is 0.251 e. The Morgan fingerprint density at radius 1 is 0.943 bits per heavy atom. The first-order chi connectivity index (χ1) is 17.2. The lowest BCUT2D eigenvalue weighted by molar-refractivity contribution is 0.0903. The molecule has 182 valence electrons. The average Bonchev–Trinajstić information content (AvgIpc) is 3.22. The highest BCUT2D eigenvalue weighted by Gasteiger charge is 2.30. The van der Waals surface area contributed by atoms with Crippen molar-refractivity contribution in [1.29, 1.82) is 0 Å². The summed E-state index contributed by atoms with van der Waals surface area (Å²) in [4.78, 5) is 15.1. The minimum absolute atomic E-state index is 0.0545. The lowest BCUT2D eigenvalue weighted by Crippen LogP contribution is -2.47. The Balaban J connectivity index is 1.16. The van der Waals surface area contributed by atoms with Crippen molar-refractivity contribution in [2.75, 3.05) is 19.6 Å². The van der Waals surface area contributed by atoms with Crippen LogP contribution in [0.2, 0.25) is 0 Å². The molecular formula is C32H38N2O. The van der Waals surface area contributed by atoms with Crippen LogP contribution in [0, 0.1) is 0 Å². The number of amides is 1. The van der Waals surface area contributed by atoms with Gasteiger partial charge < -0.3 is 10.2 Å². The first-order valence-electron chi connectivity index (χ1n) is 13.5. The molecule has 35 heavy (non-hydrogen) atoms. The summed E-state index contributed by atoms with van der Waals surface area (Å²) in [5.41, 5.74) is 8.32. The van der Waals surface area contributed by atoms with Crippen LogP contribution in [0.5, 0.6) is 0 Å². The van der Waals surface area contributed by atoms with Crippen LogP contribution in [0.4, 0.5) is 0 Å². The zero-order valence-electron chi connectivity index (χ0n) is 21.0. The third-order valence-corrected chi connectivity index (χ3v) is 7.78. The number of unbranched alkanes of at least 4 members (excludes halogenated alkanes) is 1. The van der Waals surface area contributed by atoms with Crippen LogP contribution in [0.25, 0.3) is 11.1 Å². The number of fused-ring (bicyclic) bond motifs is 3. The molecule has 3 aromatic carbocycles. The number of piperidine rings is 1. The van der Waals surface area contributed by atoms with Crippen LogP contribution in [0.1, 0.15) is 78.4 Å². The van der Waals surface area contributed by atoms with Gasteiger partial charge in [-0.3, -0.25) is 4.79 Å². The summed E-state index contributed by atoms with van der Waals surface area (Å²) in [5.74, 6) is 0.585. The van der Waals surface area contributed by atoms with Crippen LogP contribution < -0.4 is 5.32 Å². The Morgan fingerprint density at radius 3 is 2.60 bits per heavy atom. The lowest BCUT2D eigenvalue weighted by atomic mass is 9.87. The van der Waals surface area contributed by atoms with Crippen molar-refractivity contribution >= 4 is 5.91 Å². The van der Waals surface area contributed by atoms with E-state index in [-0.39, 0.29) is 11.9 Å². The molecule has 3 aromatic rings. The topological polar surface area (TPSA) is 32.3 Å². The second-order valence-electron chi connectivity index (χ2n) is 10.2. The van der Waals surface area contributed by atoms with Crippen LogP contribution in [0.3, 0.4) is 0 Å². The molecule has 1 fully saturated rings. The number of carbonyl (C=O) groups is 1. The maximum absolute atomic E-state index is 12.6. The molecule has 0 bridgehead atoms. The van der Waals surface area contributed by atoms with Gasteiger partial charge in [0.05, 0.1) is 0 Å². The number of nitrogens with one attached hydrogen (secondary N) is 1. The number of likely N-dealkylation sites (tertiary alicyclic amines) is 1. The summed E-state index contributed by atoms with van der Waals surface area (Å²) in [5, 5.41) is 3.26. The molecule has 0 spiro atoms. The number of rotatable bonds is 9. The normalized spacial score (nSPS) is 19.2. The highest BCUT2D eigenvalue weighted by atomic mass is 16.1. The van der Waals surface area contributed by atoms with E-state index in [9.17, 15) is 4.79 Å². The van der Waals surface area contributed by atoms with Crippen LogP contribution in [0.15, 0.2) is 72.8 Å². The quantitative estimate of drug-likeness (QED) is 0.351. The molecule has 0 saturated carbocycles. The third kappa shape index (κ3) is 5.36. The summed E-state index contributed by atoms with van der Waals surface area (Å²) in [7, 11) is 0. The maximum atomic E-state index is 12.6. The Bertz CT molecular complexity index is 1140. The number of hydrogen-bond donors (Lipinski definition) is 1. The Morgan fingerprint density at radius 2 is 1.74 bits per heavy atom. The Kier molecular flexibility index (Phi) is 7.63. The van der Waals surface area contributed by atoms with Gasteiger partial charge in [0.15, 0.2) is 0 Å². The van der Waals surface area contributed by atoms with Crippen molar-refractivity contribution in [2.45, 2.75) is 63.8 Å². The standard InChI is InChI=1S/C32H38N2O/c1-2-12-24-15-10-20-30-28-18-7-6-17-27(28)29(31(24)30)19-8-9-21-34-22-11-16-26(23-34)33-32(35)25-13-4-3-5-14-25/h3-7,10,13-15,17-18,20,26,29H,2,8-9,11-12,16,19,21-23H2,1H3,(H,33,35). The molecule has 2 aliphatic rings. The second-order valence-corrected chi connectivity index (χ2v) is 10.2. The fourth-order valence-electron chi connectivity index (χ4n) is 6.17. The lowest BCUT2D eigenvalue weighted by Gasteiger charge is -2.33. The van der Waals surface area contributed by atoms with Crippen LogP contribution in [-0.2, 0) is 6.42 Å². The van der Waals surface area contributed by atoms with E-state index in [1.165, 1.54) is 42.4 Å². The Hall–Kier alpha value is -2.91. The van der Waals surface area contributed by atoms with Crippen molar-refractivity contribution < 1.29 is 4.79 Å². The van der Waals surface area contributed by atoms with Crippen molar-refractivity contribution in [3.63, 3.8) is 0 Å². The van der Waals surface area contributed by atoms with E-state index in [0.29, 0.717) is 5.92 Å². The molecule has 1 heterocycles. The largest absolute Gasteiger partial charge is 0.348 e. The molecule has 2 atom stereocenters. The average molecular weight is 467 g/mol. The van der Waals surface area contributed by atoms with Crippen LogP contribution in [-0.4, -0.2) is 36.5 Å². The monoisotopic (exact) mass is 466 g/mol. The number of carbonyl (C=O) groups excluding carboxylic acids is 1. The van der Waals surface area contributed by atoms with Gasteiger partial charge >= 0.3 is 0 Å². The minimum Gasteiger partial charge on any atom is -0.348 e. The predicted molar refractivity (Wildman–Crippen MR) is 145 cm³/mol. The van der Waals surface area contributed by atoms with E-state index in [1.54, 1.807) is 11.1 Å². The molecule has 3 heteroatoms. The zero-order chi connectivity index (χ0) is 24.0. The van der Waals surface area contributed by atoms with Gasteiger partial charge in [0.2, 0.25) is 0 Å². The van der Waals surface area contributed by atoms with Crippen molar-refractivity contribution in [2.24, 2.45) is 0 Å². The minimum atomic E-state index is 0.0545. The van der Waals surface area contributed by atoms with E-state index in [2.05, 4.69) is 59.6 Å². The molecule has 1 saturated heterocycles. The fourth-order valence-corrected chi connectivity index (χ4v) is 6.17. The third-order valence-electron chi connectivity index (χ3n) is 7.78. The van der Waals surface area contributed by atoms with Gasteiger partial charge in [-0.1, -0.05) is 80.4 Å². The van der Waals surface area contributed by atoms with Crippen molar-refractivity contribution in [3.05, 3.63) is 95.1 Å². The maximum Gasteiger partial charge on any atom is 0.251 e. The molecule has 5 rings (SSSR count). The number of hydrogen-bond acceptors (Lipinski definition) is 2. The van der Waals surface area contributed by atoms with Crippen LogP contribution >= 0.6 is 0 Å². The van der Waals surface area contributed by atoms with E-state index in [1.807, 2.05) is 30.3 Å². The van der Waals surface area contributed by atoms with E-state index in [0.717, 1.165) is 44.5 Å². The van der Waals surface area contributed by atoms with Gasteiger partial charge in [-0.15, -0.1) is 0 Å².